The van der Waals surface area contributed by atoms with Crippen molar-refractivity contribution >= 4 is 17.2 Å². The third-order valence-corrected chi connectivity index (χ3v) is 8.87. The Morgan fingerprint density at radius 1 is 0.694 bits per heavy atom. The van der Waals surface area contributed by atoms with Gasteiger partial charge in [0.15, 0.2) is 23.0 Å². The van der Waals surface area contributed by atoms with E-state index in [1.54, 1.807) is 28.4 Å². The van der Waals surface area contributed by atoms with Gasteiger partial charge in [0.25, 0.3) is 5.91 Å². The number of hydrogen-bond acceptors (Lipinski definition) is 9. The van der Waals surface area contributed by atoms with Crippen molar-refractivity contribution in [2.75, 3.05) is 41.5 Å². The molecule has 0 saturated heterocycles. The van der Waals surface area contributed by atoms with Crippen LogP contribution in [-0.2, 0) is 32.5 Å². The zero-order valence-corrected chi connectivity index (χ0v) is 29.3. The molecule has 5 aromatic rings. The number of rotatable bonds is 18. The average molecular weight is 682 g/mol. The number of carbonyl (C=O) groups is 1. The van der Waals surface area contributed by atoms with Gasteiger partial charge in [-0.15, -0.1) is 11.3 Å². The Hall–Kier alpha value is -5.06. The van der Waals surface area contributed by atoms with Crippen LogP contribution < -0.4 is 29.0 Å². The Labute approximate surface area is 292 Å². The van der Waals surface area contributed by atoms with Gasteiger partial charge in [0.1, 0.15) is 23.1 Å². The second kappa shape index (κ2) is 17.9. The summed E-state index contributed by atoms with van der Waals surface area (Å²) in [6.07, 6.45) is 1.45. The molecule has 9 nitrogen and oxygen atoms in total. The first kappa shape index (κ1) is 35.3. The van der Waals surface area contributed by atoms with E-state index in [2.05, 4.69) is 40.5 Å². The van der Waals surface area contributed by atoms with Crippen molar-refractivity contribution in [1.29, 1.82) is 0 Å². The zero-order chi connectivity index (χ0) is 34.4. The predicted octanol–water partition coefficient (Wildman–Crippen LogP) is 6.97. The van der Waals surface area contributed by atoms with E-state index in [4.69, 9.17) is 28.7 Å². The number of aromatic nitrogens is 1. The van der Waals surface area contributed by atoms with Crippen LogP contribution in [0.3, 0.4) is 0 Å². The van der Waals surface area contributed by atoms with Crippen LogP contribution in [0.2, 0.25) is 0 Å². The van der Waals surface area contributed by atoms with Crippen molar-refractivity contribution in [2.45, 2.75) is 32.5 Å². The molecule has 49 heavy (non-hydrogen) atoms. The summed E-state index contributed by atoms with van der Waals surface area (Å²) < 4.78 is 27.7. The highest BCUT2D eigenvalue weighted by molar-refractivity contribution is 7.09. The van der Waals surface area contributed by atoms with Crippen LogP contribution in [0.15, 0.2) is 96.4 Å². The lowest BCUT2D eigenvalue weighted by atomic mass is 10.1. The highest BCUT2D eigenvalue weighted by Crippen LogP contribution is 2.29. The summed E-state index contributed by atoms with van der Waals surface area (Å²) in [5.74, 6) is 3.39. The molecule has 10 heteroatoms. The average Bonchev–Trinajstić information content (AvgIpc) is 3.62. The molecule has 1 aromatic heterocycles. The SMILES string of the molecule is COc1ccc(CCNC(=O)c2csc(CN(CCc3ccc(OC)c(OC)c3)Cc3ccc(OCc4ccccc4)cc3)n2)cc1OC. The maximum absolute atomic E-state index is 13.0. The van der Waals surface area contributed by atoms with Crippen LogP contribution >= 0.6 is 11.3 Å². The number of nitrogens with zero attached hydrogens (tertiary/aromatic N) is 2. The van der Waals surface area contributed by atoms with Gasteiger partial charge in [-0.1, -0.05) is 54.6 Å². The molecule has 0 aliphatic carbocycles. The summed E-state index contributed by atoms with van der Waals surface area (Å²) in [7, 11) is 6.50. The summed E-state index contributed by atoms with van der Waals surface area (Å²) in [6, 6.07) is 30.1. The molecule has 0 aliphatic heterocycles. The molecule has 4 aromatic carbocycles. The van der Waals surface area contributed by atoms with Gasteiger partial charge in [-0.2, -0.15) is 0 Å². The molecule has 0 atom stereocenters. The Bertz CT molecular complexity index is 1780. The highest BCUT2D eigenvalue weighted by Gasteiger charge is 2.15. The molecule has 1 N–H and O–H groups in total. The van der Waals surface area contributed by atoms with Crippen molar-refractivity contribution in [3.8, 4) is 28.7 Å². The van der Waals surface area contributed by atoms with Crippen LogP contribution in [0, 0.1) is 0 Å². The van der Waals surface area contributed by atoms with Crippen molar-refractivity contribution in [3.63, 3.8) is 0 Å². The first-order chi connectivity index (χ1) is 24.0. The van der Waals surface area contributed by atoms with Crippen molar-refractivity contribution in [3.05, 3.63) is 129 Å². The quantitative estimate of drug-likeness (QED) is 0.106. The fraction of sp³-hybridized carbons (Fsp3) is 0.282. The second-order valence-corrected chi connectivity index (χ2v) is 12.3. The minimum absolute atomic E-state index is 0.189. The molecular formula is C39H43N3O6S. The van der Waals surface area contributed by atoms with E-state index in [-0.39, 0.29) is 5.91 Å². The number of methoxy groups -OCH3 is 4. The van der Waals surface area contributed by atoms with Gasteiger partial charge in [0.05, 0.1) is 35.0 Å². The fourth-order valence-electron chi connectivity index (χ4n) is 5.35. The molecule has 0 spiro atoms. The minimum Gasteiger partial charge on any atom is -0.493 e. The Kier molecular flexibility index (Phi) is 12.9. The van der Waals surface area contributed by atoms with Crippen LogP contribution in [0.1, 0.15) is 37.7 Å². The molecule has 5 rings (SSSR count). The van der Waals surface area contributed by atoms with Crippen LogP contribution in [-0.4, -0.2) is 57.3 Å². The molecule has 0 aliphatic rings. The van der Waals surface area contributed by atoms with Gasteiger partial charge < -0.3 is 29.0 Å². The lowest BCUT2D eigenvalue weighted by Gasteiger charge is -2.22. The monoisotopic (exact) mass is 681 g/mol. The van der Waals surface area contributed by atoms with Crippen molar-refractivity contribution in [2.24, 2.45) is 0 Å². The fourth-order valence-corrected chi connectivity index (χ4v) is 6.17. The predicted molar refractivity (Wildman–Crippen MR) is 192 cm³/mol. The molecule has 0 saturated carbocycles. The maximum Gasteiger partial charge on any atom is 0.270 e. The number of amides is 1. The first-order valence-electron chi connectivity index (χ1n) is 16.1. The lowest BCUT2D eigenvalue weighted by molar-refractivity contribution is 0.0949. The van der Waals surface area contributed by atoms with Crippen LogP contribution in [0.5, 0.6) is 28.7 Å². The van der Waals surface area contributed by atoms with Gasteiger partial charge in [-0.25, -0.2) is 4.98 Å². The van der Waals surface area contributed by atoms with Gasteiger partial charge in [-0.3, -0.25) is 9.69 Å². The summed E-state index contributed by atoms with van der Waals surface area (Å²) in [5.41, 5.74) is 4.89. The van der Waals surface area contributed by atoms with E-state index in [1.807, 2.05) is 66.0 Å². The van der Waals surface area contributed by atoms with Crippen molar-refractivity contribution < 1.29 is 28.5 Å². The van der Waals surface area contributed by atoms with Gasteiger partial charge in [0.2, 0.25) is 0 Å². The van der Waals surface area contributed by atoms with E-state index in [0.717, 1.165) is 46.0 Å². The lowest BCUT2D eigenvalue weighted by Crippen LogP contribution is -2.27. The number of ether oxygens (including phenoxy) is 5. The molecular weight excluding hydrogens is 639 g/mol. The molecule has 0 radical (unpaired) electrons. The summed E-state index contributed by atoms with van der Waals surface area (Å²) in [4.78, 5) is 20.0. The Balaban J connectivity index is 1.21. The summed E-state index contributed by atoms with van der Waals surface area (Å²) >= 11 is 1.49. The minimum atomic E-state index is -0.189. The normalized spacial score (nSPS) is 10.9. The largest absolute Gasteiger partial charge is 0.493 e. The molecule has 256 valence electrons. The van der Waals surface area contributed by atoms with E-state index >= 15 is 0 Å². The number of carbonyl (C=O) groups excluding carboxylic acids is 1. The number of thiazole rings is 1. The Morgan fingerprint density at radius 2 is 1.31 bits per heavy atom. The number of nitrogens with one attached hydrogen (secondary N) is 1. The van der Waals surface area contributed by atoms with Gasteiger partial charge in [-0.05, 0) is 71.5 Å². The van der Waals surface area contributed by atoms with Crippen molar-refractivity contribution in [1.82, 2.24) is 15.2 Å². The van der Waals surface area contributed by atoms with Gasteiger partial charge in [0, 0.05) is 25.0 Å². The highest BCUT2D eigenvalue weighted by atomic mass is 32.1. The topological polar surface area (TPSA) is 91.4 Å². The second-order valence-electron chi connectivity index (χ2n) is 11.4. The molecule has 0 bridgehead atoms. The van der Waals surface area contributed by atoms with E-state index in [9.17, 15) is 4.79 Å². The smallest absolute Gasteiger partial charge is 0.270 e. The van der Waals surface area contributed by atoms with E-state index in [0.29, 0.717) is 61.4 Å². The Morgan fingerprint density at radius 3 is 1.94 bits per heavy atom. The van der Waals surface area contributed by atoms with Crippen LogP contribution in [0.4, 0.5) is 0 Å². The van der Waals surface area contributed by atoms with Gasteiger partial charge >= 0.3 is 0 Å². The molecule has 1 amide bonds. The maximum atomic E-state index is 13.0. The first-order valence-corrected chi connectivity index (χ1v) is 17.0. The summed E-state index contributed by atoms with van der Waals surface area (Å²) in [6.45, 7) is 3.08. The zero-order valence-electron chi connectivity index (χ0n) is 28.4. The number of benzene rings is 4. The number of hydrogen-bond donors (Lipinski definition) is 1. The van der Waals surface area contributed by atoms with Crippen LogP contribution in [0.25, 0.3) is 0 Å². The summed E-state index contributed by atoms with van der Waals surface area (Å²) in [5, 5.41) is 5.70. The third-order valence-electron chi connectivity index (χ3n) is 8.03. The van der Waals surface area contributed by atoms with E-state index < -0.39 is 0 Å². The third kappa shape index (κ3) is 10.2. The molecule has 0 unspecified atom stereocenters. The van der Waals surface area contributed by atoms with E-state index in [1.165, 1.54) is 11.3 Å². The molecule has 1 heterocycles. The molecule has 0 fully saturated rings. The standard InChI is InChI=1S/C39H43N3O6S/c1-44-34-16-12-28(22-36(34)46-3)18-20-40-39(43)33-27-49-38(41-33)25-42(21-19-29-13-17-35(45-2)37(23-29)47-4)24-30-10-14-32(15-11-30)48-26-31-8-6-5-7-9-31/h5-17,22-23,27H,18-21,24-26H2,1-4H3,(H,40,43).